The standard InChI is InChI=1S/C55H93N11O12/c1-31(2)24-40(60-47(69)35(9)56-13)51(73)62(14)30-46(68)63(15)38(12)49(71)61-42(26-33(5)6)53(75)66(18)44(28-39-22-20-19-21-23-39)54(76)64(16)37(11)48(70)57-29-45(67)59-41(25-32(3)4)52(74)65(17)43(27-34(7)8)50(72)58-36(10)55(77)78/h19-23,31-38,40-44,56H,24-30H2,1-18H3,(H,57,70)(H,58,72)(H,59,67)(H,60,69)(H,61,71)(H,77,78)/t35-,36-,37-,38-,40-,41-,42-,43-,44-/m0/s1. The van der Waals surface area contributed by atoms with Crippen LogP contribution in [0.15, 0.2) is 30.3 Å². The molecule has 0 radical (unpaired) electrons. The monoisotopic (exact) mass is 1100 g/mol. The third-order valence-electron chi connectivity index (χ3n) is 13.6. The topological polar surface area (TPSA) is 296 Å². The zero-order chi connectivity index (χ0) is 60.0. The van der Waals surface area contributed by atoms with Gasteiger partial charge in [-0.25, -0.2) is 0 Å². The van der Waals surface area contributed by atoms with Crippen LogP contribution in [0, 0.1) is 23.7 Å². The first-order chi connectivity index (χ1) is 36.2. The van der Waals surface area contributed by atoms with Gasteiger partial charge in [-0.3, -0.25) is 52.7 Å². The zero-order valence-electron chi connectivity index (χ0n) is 49.5. The van der Waals surface area contributed by atoms with E-state index in [1.54, 1.807) is 44.3 Å². The number of carboxylic acid groups (broad SMARTS) is 1. The summed E-state index contributed by atoms with van der Waals surface area (Å²) in [6.07, 6.45) is 0.869. The van der Waals surface area contributed by atoms with Crippen molar-refractivity contribution in [3.63, 3.8) is 0 Å². The largest absolute Gasteiger partial charge is 0.480 e. The second kappa shape index (κ2) is 32.9. The van der Waals surface area contributed by atoms with Gasteiger partial charge in [-0.05, 0) is 89.7 Å². The summed E-state index contributed by atoms with van der Waals surface area (Å²) in [4.78, 5) is 155. The van der Waals surface area contributed by atoms with Gasteiger partial charge < -0.3 is 61.5 Å². The van der Waals surface area contributed by atoms with Gasteiger partial charge in [0.1, 0.15) is 48.3 Å². The average Bonchev–Trinajstić information content (AvgIpc) is 3.37. The SMILES string of the molecule is CN[C@@H](C)C(=O)N[C@@H](CC(C)C)C(=O)N(C)CC(=O)N(C)[C@@H](C)C(=O)N[C@@H](CC(C)C)C(=O)N(C)[C@@H](Cc1ccccc1)C(=O)N(C)[C@@H](C)C(=O)NCC(=O)N[C@@H](CC(C)C)C(=O)N(C)[C@@H](CC(C)C)C(=O)N[C@@H](C)C(=O)O. The second-order valence-corrected chi connectivity index (χ2v) is 22.2. The van der Waals surface area contributed by atoms with Crippen LogP contribution in [0.25, 0.3) is 0 Å². The van der Waals surface area contributed by atoms with Crippen molar-refractivity contribution in [2.24, 2.45) is 23.7 Å². The molecule has 23 nitrogen and oxygen atoms in total. The van der Waals surface area contributed by atoms with E-state index in [-0.39, 0.29) is 55.3 Å². The predicted molar refractivity (Wildman–Crippen MR) is 296 cm³/mol. The first-order valence-electron chi connectivity index (χ1n) is 26.9. The van der Waals surface area contributed by atoms with E-state index in [0.29, 0.717) is 12.0 Å². The van der Waals surface area contributed by atoms with Gasteiger partial charge in [-0.2, -0.15) is 0 Å². The highest BCUT2D eigenvalue weighted by atomic mass is 16.4. The van der Waals surface area contributed by atoms with E-state index in [9.17, 15) is 57.8 Å². The van der Waals surface area contributed by atoms with Gasteiger partial charge in [0.15, 0.2) is 0 Å². The second-order valence-electron chi connectivity index (χ2n) is 22.2. The Bertz CT molecular complexity index is 2210. The number of rotatable bonds is 32. The molecule has 1 aromatic rings. The summed E-state index contributed by atoms with van der Waals surface area (Å²) >= 11 is 0. The van der Waals surface area contributed by atoms with Crippen molar-refractivity contribution in [2.45, 2.75) is 170 Å². The minimum absolute atomic E-state index is 0.0133. The van der Waals surface area contributed by atoms with Gasteiger partial charge in [-0.1, -0.05) is 85.7 Å². The van der Waals surface area contributed by atoms with E-state index in [2.05, 4.69) is 31.9 Å². The van der Waals surface area contributed by atoms with E-state index in [1.165, 1.54) is 70.7 Å². The van der Waals surface area contributed by atoms with E-state index < -0.39 is 127 Å². The Balaban J connectivity index is 3.33. The van der Waals surface area contributed by atoms with Crippen LogP contribution in [0.2, 0.25) is 0 Å². The van der Waals surface area contributed by atoms with Crippen LogP contribution >= 0.6 is 0 Å². The number of carboxylic acids is 1. The Labute approximate surface area is 462 Å². The highest BCUT2D eigenvalue weighted by molar-refractivity contribution is 5.98. The fraction of sp³-hybridized carbons (Fsp3) is 0.691. The van der Waals surface area contributed by atoms with Crippen molar-refractivity contribution in [2.75, 3.05) is 55.4 Å². The third-order valence-corrected chi connectivity index (χ3v) is 13.6. The van der Waals surface area contributed by atoms with Crippen molar-refractivity contribution in [1.29, 1.82) is 0 Å². The molecule has 0 saturated carbocycles. The minimum Gasteiger partial charge on any atom is -0.480 e. The molecule has 10 amide bonds. The smallest absolute Gasteiger partial charge is 0.325 e. The number of hydrogen-bond acceptors (Lipinski definition) is 12. The molecule has 7 N–H and O–H groups in total. The summed E-state index contributed by atoms with van der Waals surface area (Å²) in [7, 11) is 8.68. The van der Waals surface area contributed by atoms with Crippen molar-refractivity contribution >= 4 is 65.0 Å². The maximum absolute atomic E-state index is 14.6. The number of nitrogens with one attached hydrogen (secondary N) is 6. The van der Waals surface area contributed by atoms with Crippen molar-refractivity contribution in [3.05, 3.63) is 35.9 Å². The summed E-state index contributed by atoms with van der Waals surface area (Å²) in [5.74, 6) is -7.58. The first-order valence-corrected chi connectivity index (χ1v) is 26.9. The van der Waals surface area contributed by atoms with Crippen molar-refractivity contribution in [1.82, 2.24) is 56.4 Å². The summed E-state index contributed by atoms with van der Waals surface area (Å²) in [5.41, 5.74) is 0.687. The maximum atomic E-state index is 14.6. The lowest BCUT2D eigenvalue weighted by Gasteiger charge is -2.36. The molecule has 1 rings (SSSR count). The van der Waals surface area contributed by atoms with Crippen LogP contribution in [0.1, 0.15) is 114 Å². The molecule has 440 valence electrons. The normalized spacial score (nSPS) is 14.8. The van der Waals surface area contributed by atoms with Crippen LogP contribution in [-0.2, 0) is 59.2 Å². The van der Waals surface area contributed by atoms with Gasteiger partial charge in [0.05, 0.1) is 19.1 Å². The predicted octanol–water partition coefficient (Wildman–Crippen LogP) is 0.987. The zero-order valence-corrected chi connectivity index (χ0v) is 49.5. The number of carbonyl (C=O) groups is 11. The number of carbonyl (C=O) groups excluding carboxylic acids is 10. The Morgan fingerprint density at radius 2 is 0.923 bits per heavy atom. The van der Waals surface area contributed by atoms with E-state index in [0.717, 1.165) is 9.80 Å². The molecular formula is C55H93N11O12. The summed E-state index contributed by atoms with van der Waals surface area (Å²) in [6.45, 7) is 19.8. The quantitative estimate of drug-likeness (QED) is 0.0531. The summed E-state index contributed by atoms with van der Waals surface area (Å²) in [6, 6.07) is -0.626. The third kappa shape index (κ3) is 22.4. The summed E-state index contributed by atoms with van der Waals surface area (Å²) < 4.78 is 0. The van der Waals surface area contributed by atoms with Crippen LogP contribution in [0.3, 0.4) is 0 Å². The molecule has 0 bridgehead atoms. The molecule has 0 fully saturated rings. The van der Waals surface area contributed by atoms with Gasteiger partial charge in [0.25, 0.3) is 0 Å². The van der Waals surface area contributed by atoms with Crippen molar-refractivity contribution in [3.8, 4) is 0 Å². The molecule has 23 heteroatoms. The molecular weight excluding hydrogens is 1010 g/mol. The Morgan fingerprint density at radius 1 is 0.474 bits per heavy atom. The highest BCUT2D eigenvalue weighted by Gasteiger charge is 2.39. The Kier molecular flexibility index (Phi) is 29.3. The molecule has 0 heterocycles. The first kappa shape index (κ1) is 69.4. The number of benzene rings is 1. The van der Waals surface area contributed by atoms with Crippen molar-refractivity contribution < 1.29 is 57.8 Å². The maximum Gasteiger partial charge on any atom is 0.325 e. The van der Waals surface area contributed by atoms with Gasteiger partial charge >= 0.3 is 5.97 Å². The molecule has 0 aromatic heterocycles. The Morgan fingerprint density at radius 3 is 1.40 bits per heavy atom. The minimum atomic E-state index is -1.25. The lowest BCUT2D eigenvalue weighted by atomic mass is 9.98. The molecule has 78 heavy (non-hydrogen) atoms. The fourth-order valence-corrected chi connectivity index (χ4v) is 8.30. The van der Waals surface area contributed by atoms with E-state index >= 15 is 0 Å². The molecule has 0 aliphatic rings. The van der Waals surface area contributed by atoms with E-state index in [1.807, 2.05) is 55.4 Å². The number of aliphatic carboxylic acids is 1. The molecule has 0 aliphatic carbocycles. The molecule has 0 spiro atoms. The Hall–Kier alpha value is -6.65. The van der Waals surface area contributed by atoms with Crippen LogP contribution in [0.4, 0.5) is 0 Å². The molecule has 0 aliphatic heterocycles. The van der Waals surface area contributed by atoms with Gasteiger partial charge in [-0.15, -0.1) is 0 Å². The number of amides is 10. The fourth-order valence-electron chi connectivity index (χ4n) is 8.30. The number of nitrogens with zero attached hydrogens (tertiary/aromatic N) is 5. The molecule has 1 aromatic carbocycles. The number of hydrogen-bond donors (Lipinski definition) is 7. The van der Waals surface area contributed by atoms with Crippen LogP contribution < -0.4 is 31.9 Å². The lowest BCUT2D eigenvalue weighted by Crippen LogP contribution is -2.59. The highest BCUT2D eigenvalue weighted by Crippen LogP contribution is 2.19. The lowest BCUT2D eigenvalue weighted by molar-refractivity contribution is -0.149. The summed E-state index contributed by atoms with van der Waals surface area (Å²) in [5, 5.41) is 25.4. The van der Waals surface area contributed by atoms with Crippen LogP contribution in [0.5, 0.6) is 0 Å². The molecule has 0 unspecified atom stereocenters. The van der Waals surface area contributed by atoms with Gasteiger partial charge in [0.2, 0.25) is 59.1 Å². The molecule has 0 saturated heterocycles. The van der Waals surface area contributed by atoms with E-state index in [4.69, 9.17) is 0 Å². The number of likely N-dealkylation sites (N-methyl/N-ethyl adjacent to an activating group) is 6. The molecule has 9 atom stereocenters. The van der Waals surface area contributed by atoms with Gasteiger partial charge in [0, 0.05) is 41.7 Å². The average molecular weight is 1100 g/mol. The van der Waals surface area contributed by atoms with Crippen LogP contribution in [-0.4, -0.2) is 204 Å².